The van der Waals surface area contributed by atoms with Gasteiger partial charge in [-0.05, 0) is 96.8 Å². The van der Waals surface area contributed by atoms with Gasteiger partial charge in [0.05, 0.1) is 23.9 Å². The Hall–Kier alpha value is -1.63. The van der Waals surface area contributed by atoms with E-state index in [-0.39, 0.29) is 12.8 Å². The fraction of sp³-hybridized carbons (Fsp3) is 0.840. The summed E-state index contributed by atoms with van der Waals surface area (Å²) in [5.41, 5.74) is -2.73. The predicted molar refractivity (Wildman–Crippen MR) is 119 cm³/mol. The average Bonchev–Trinajstić information content (AvgIpc) is 2.87. The summed E-state index contributed by atoms with van der Waals surface area (Å²) in [5, 5.41) is 0. The van der Waals surface area contributed by atoms with Crippen LogP contribution in [0.15, 0.2) is 0 Å². The molecule has 1 saturated heterocycles. The van der Waals surface area contributed by atoms with E-state index in [4.69, 9.17) is 25.8 Å². The van der Waals surface area contributed by atoms with Gasteiger partial charge in [-0.15, -0.1) is 11.6 Å². The van der Waals surface area contributed by atoms with Gasteiger partial charge in [0.25, 0.3) is 0 Å². The molecule has 0 N–H and O–H groups in total. The Balaban J connectivity index is 1.62. The molecule has 5 rings (SSSR count). The number of rotatable bonds is 7. The maximum Gasteiger partial charge on any atom is 0.335 e. The van der Waals surface area contributed by atoms with E-state index in [9.17, 15) is 19.2 Å². The average molecular weight is 483 g/mol. The lowest BCUT2D eigenvalue weighted by atomic mass is 9.54. The summed E-state index contributed by atoms with van der Waals surface area (Å²) >= 11 is 6.41. The Labute approximate surface area is 200 Å². The molecule has 0 amide bonds. The molecule has 0 aromatic heterocycles. The van der Waals surface area contributed by atoms with Crippen LogP contribution in [0.1, 0.15) is 79.1 Å². The van der Waals surface area contributed by atoms with Crippen LogP contribution in [0.4, 0.5) is 0 Å². The van der Waals surface area contributed by atoms with Gasteiger partial charge in [-0.25, -0.2) is 4.79 Å². The van der Waals surface area contributed by atoms with Crippen LogP contribution < -0.4 is 0 Å². The molecule has 5 aliphatic rings. The molecule has 0 aromatic rings. The summed E-state index contributed by atoms with van der Waals surface area (Å²) in [4.78, 5) is 49.4. The number of methoxy groups -OCH3 is 1. The number of hydrogen-bond donors (Lipinski definition) is 0. The summed E-state index contributed by atoms with van der Waals surface area (Å²) in [5.74, 6) is -1.71. The summed E-state index contributed by atoms with van der Waals surface area (Å²) in [6, 6.07) is 0. The summed E-state index contributed by atoms with van der Waals surface area (Å²) < 4.78 is 16.1. The van der Waals surface area contributed by atoms with E-state index in [1.807, 2.05) is 0 Å². The first-order valence-corrected chi connectivity index (χ1v) is 12.3. The summed E-state index contributed by atoms with van der Waals surface area (Å²) in [6.45, 7) is 6.53. The van der Waals surface area contributed by atoms with Crippen molar-refractivity contribution in [3.63, 3.8) is 0 Å². The number of cyclic esters (lactones) is 2. The van der Waals surface area contributed by atoms with E-state index in [0.29, 0.717) is 17.8 Å². The minimum absolute atomic E-state index is 0.0524. The van der Waals surface area contributed by atoms with Crippen molar-refractivity contribution in [3.05, 3.63) is 0 Å². The molecular formula is C25H35ClO7. The van der Waals surface area contributed by atoms with Crippen LogP contribution in [0.5, 0.6) is 0 Å². The van der Waals surface area contributed by atoms with Crippen molar-refractivity contribution in [2.45, 2.75) is 89.5 Å². The lowest BCUT2D eigenvalue weighted by Gasteiger charge is -2.56. The molecule has 184 valence electrons. The molecule has 5 fully saturated rings. The second-order valence-corrected chi connectivity index (χ2v) is 12.9. The molecule has 1 aliphatic heterocycles. The quantitative estimate of drug-likeness (QED) is 0.232. The van der Waals surface area contributed by atoms with Crippen molar-refractivity contribution in [2.24, 2.45) is 34.5 Å². The van der Waals surface area contributed by atoms with E-state index in [2.05, 4.69) is 0 Å². The van der Waals surface area contributed by atoms with E-state index in [1.165, 1.54) is 33.3 Å². The third-order valence-corrected chi connectivity index (χ3v) is 8.96. The highest BCUT2D eigenvalue weighted by Crippen LogP contribution is 2.58. The van der Waals surface area contributed by atoms with Gasteiger partial charge in [0.2, 0.25) is 0 Å². The van der Waals surface area contributed by atoms with Crippen molar-refractivity contribution in [1.82, 2.24) is 0 Å². The van der Waals surface area contributed by atoms with Gasteiger partial charge in [0.15, 0.2) is 4.87 Å². The summed E-state index contributed by atoms with van der Waals surface area (Å²) in [6.07, 6.45) is 6.29. The van der Waals surface area contributed by atoms with E-state index >= 15 is 0 Å². The topological polar surface area (TPSA) is 96.0 Å². The molecule has 0 aromatic carbocycles. The van der Waals surface area contributed by atoms with Crippen LogP contribution in [0, 0.1) is 34.5 Å². The second kappa shape index (κ2) is 7.96. The van der Waals surface area contributed by atoms with Crippen molar-refractivity contribution < 1.29 is 33.4 Å². The summed E-state index contributed by atoms with van der Waals surface area (Å²) in [7, 11) is 1.30. The number of alkyl halides is 1. The highest BCUT2D eigenvalue weighted by molar-refractivity contribution is 6.37. The molecule has 4 saturated carbocycles. The minimum atomic E-state index is -1.57. The van der Waals surface area contributed by atoms with E-state index < -0.39 is 51.1 Å². The number of carbonyl (C=O) groups is 4. The monoisotopic (exact) mass is 482 g/mol. The lowest BCUT2D eigenvalue weighted by Crippen LogP contribution is -2.54. The van der Waals surface area contributed by atoms with E-state index in [1.54, 1.807) is 20.8 Å². The van der Waals surface area contributed by atoms with Crippen molar-refractivity contribution in [1.29, 1.82) is 0 Å². The fourth-order valence-corrected chi connectivity index (χ4v) is 7.58. The molecule has 3 unspecified atom stereocenters. The zero-order chi connectivity index (χ0) is 24.4. The highest BCUT2D eigenvalue weighted by Gasteiger charge is 2.59. The molecular weight excluding hydrogens is 448 g/mol. The van der Waals surface area contributed by atoms with Gasteiger partial charge in [-0.1, -0.05) is 0 Å². The first-order chi connectivity index (χ1) is 15.2. The Morgan fingerprint density at radius 2 is 1.55 bits per heavy atom. The van der Waals surface area contributed by atoms with Gasteiger partial charge in [-0.3, -0.25) is 14.4 Å². The van der Waals surface area contributed by atoms with Crippen LogP contribution in [0.2, 0.25) is 0 Å². The lowest BCUT2D eigenvalue weighted by molar-refractivity contribution is -0.199. The largest absolute Gasteiger partial charge is 0.469 e. The molecule has 33 heavy (non-hydrogen) atoms. The van der Waals surface area contributed by atoms with Crippen molar-refractivity contribution in [3.8, 4) is 0 Å². The standard InChI is InChI=1S/C25H35ClO7/c1-22(2,19(28)31-5)13-23(3,12-17-18(27)32-21(30)24(17,4)26)20(29)33-25-9-14-6-15(10-25)8-16(7-14)11-25/h14-17H,6-13H2,1-5H3. The number of halogens is 1. The van der Waals surface area contributed by atoms with Gasteiger partial charge < -0.3 is 14.2 Å². The Morgan fingerprint density at radius 1 is 1.03 bits per heavy atom. The Kier molecular flexibility index (Phi) is 5.91. The van der Waals surface area contributed by atoms with Gasteiger partial charge in [0.1, 0.15) is 5.60 Å². The van der Waals surface area contributed by atoms with E-state index in [0.717, 1.165) is 19.3 Å². The predicted octanol–water partition coefficient (Wildman–Crippen LogP) is 4.18. The molecule has 0 radical (unpaired) electrons. The first kappa shape index (κ1) is 24.5. The number of ether oxygens (including phenoxy) is 3. The van der Waals surface area contributed by atoms with Crippen LogP contribution >= 0.6 is 11.6 Å². The number of hydrogen-bond acceptors (Lipinski definition) is 7. The third-order valence-electron chi connectivity index (χ3n) is 8.54. The highest BCUT2D eigenvalue weighted by atomic mass is 35.5. The van der Waals surface area contributed by atoms with Crippen LogP contribution in [-0.4, -0.2) is 41.5 Å². The maximum absolute atomic E-state index is 13.9. The van der Waals surface area contributed by atoms with Crippen molar-refractivity contribution in [2.75, 3.05) is 7.11 Å². The minimum Gasteiger partial charge on any atom is -0.469 e. The Morgan fingerprint density at radius 3 is 1.97 bits per heavy atom. The van der Waals surface area contributed by atoms with Crippen LogP contribution in [0.3, 0.4) is 0 Å². The Bertz CT molecular complexity index is 841. The molecule has 4 aliphatic carbocycles. The molecule has 1 heterocycles. The fourth-order valence-electron chi connectivity index (χ4n) is 7.38. The second-order valence-electron chi connectivity index (χ2n) is 12.1. The number of esters is 4. The smallest absolute Gasteiger partial charge is 0.335 e. The zero-order valence-corrected chi connectivity index (χ0v) is 21.0. The van der Waals surface area contributed by atoms with Gasteiger partial charge in [0, 0.05) is 0 Å². The van der Waals surface area contributed by atoms with Gasteiger partial charge in [-0.2, -0.15) is 0 Å². The van der Waals surface area contributed by atoms with Crippen molar-refractivity contribution >= 4 is 35.5 Å². The first-order valence-electron chi connectivity index (χ1n) is 12.0. The molecule has 3 atom stereocenters. The maximum atomic E-state index is 13.9. The SMILES string of the molecule is COC(=O)C(C)(C)CC(C)(CC1C(=O)OC(=O)C1(C)Cl)C(=O)OC12CC3CC(CC(C3)C1)C2. The third kappa shape index (κ3) is 4.30. The molecule has 4 bridgehead atoms. The molecule has 7 nitrogen and oxygen atoms in total. The number of carbonyl (C=O) groups excluding carboxylic acids is 4. The molecule has 0 spiro atoms. The zero-order valence-electron chi connectivity index (χ0n) is 20.2. The molecule has 8 heteroatoms. The normalized spacial score (nSPS) is 39.2. The van der Waals surface area contributed by atoms with Crippen LogP contribution in [0.25, 0.3) is 0 Å². The van der Waals surface area contributed by atoms with Gasteiger partial charge >= 0.3 is 23.9 Å². The van der Waals surface area contributed by atoms with Crippen LogP contribution in [-0.2, 0) is 33.4 Å².